The van der Waals surface area contributed by atoms with Gasteiger partial charge in [0.25, 0.3) is 0 Å². The van der Waals surface area contributed by atoms with Crippen LogP contribution >= 0.6 is 0 Å². The molecule has 25 heavy (non-hydrogen) atoms. The Balaban J connectivity index is 1.80. The fraction of sp³-hybridized carbons (Fsp3) is 0.526. The SMILES string of the molecule is CNCCCC(=O)Nc1cc(-c2nnc3n2CCCCC3)ccc1C. The Labute approximate surface area is 149 Å². The number of aromatic nitrogens is 3. The molecule has 1 aliphatic heterocycles. The van der Waals surface area contributed by atoms with Gasteiger partial charge in [0.1, 0.15) is 5.82 Å². The summed E-state index contributed by atoms with van der Waals surface area (Å²) in [5.41, 5.74) is 2.93. The lowest BCUT2D eigenvalue weighted by atomic mass is 10.1. The topological polar surface area (TPSA) is 71.8 Å². The third-order valence-corrected chi connectivity index (χ3v) is 4.71. The van der Waals surface area contributed by atoms with Crippen molar-refractivity contribution in [3.63, 3.8) is 0 Å². The van der Waals surface area contributed by atoms with Crippen LogP contribution in [0.5, 0.6) is 0 Å². The average molecular weight is 341 g/mol. The third kappa shape index (κ3) is 4.25. The molecule has 6 nitrogen and oxygen atoms in total. The zero-order valence-corrected chi connectivity index (χ0v) is 15.1. The fourth-order valence-corrected chi connectivity index (χ4v) is 3.23. The lowest BCUT2D eigenvalue weighted by Crippen LogP contribution is -2.15. The Bertz CT molecular complexity index is 737. The summed E-state index contributed by atoms with van der Waals surface area (Å²) in [5, 5.41) is 14.9. The van der Waals surface area contributed by atoms with Gasteiger partial charge >= 0.3 is 0 Å². The zero-order valence-electron chi connectivity index (χ0n) is 15.1. The van der Waals surface area contributed by atoms with Crippen LogP contribution < -0.4 is 10.6 Å². The molecule has 1 aliphatic rings. The van der Waals surface area contributed by atoms with Crippen LogP contribution in [0.2, 0.25) is 0 Å². The van der Waals surface area contributed by atoms with Crippen LogP contribution in [0.15, 0.2) is 18.2 Å². The first-order valence-corrected chi connectivity index (χ1v) is 9.16. The van der Waals surface area contributed by atoms with E-state index >= 15 is 0 Å². The summed E-state index contributed by atoms with van der Waals surface area (Å²) >= 11 is 0. The molecule has 0 unspecified atom stereocenters. The Morgan fingerprint density at radius 2 is 2.12 bits per heavy atom. The third-order valence-electron chi connectivity index (χ3n) is 4.71. The van der Waals surface area contributed by atoms with Crippen LogP contribution in [0.4, 0.5) is 5.69 Å². The number of nitrogens with zero attached hydrogens (tertiary/aromatic N) is 3. The Kier molecular flexibility index (Phi) is 5.81. The van der Waals surface area contributed by atoms with E-state index in [1.807, 2.05) is 26.1 Å². The van der Waals surface area contributed by atoms with Gasteiger partial charge in [-0.05, 0) is 51.4 Å². The van der Waals surface area contributed by atoms with E-state index < -0.39 is 0 Å². The summed E-state index contributed by atoms with van der Waals surface area (Å²) in [7, 11) is 1.90. The summed E-state index contributed by atoms with van der Waals surface area (Å²) < 4.78 is 2.23. The maximum Gasteiger partial charge on any atom is 0.224 e. The Morgan fingerprint density at radius 1 is 1.24 bits per heavy atom. The van der Waals surface area contributed by atoms with E-state index in [0.717, 1.165) is 54.4 Å². The molecule has 2 heterocycles. The number of carbonyl (C=O) groups excluding carboxylic acids is 1. The number of nitrogens with one attached hydrogen (secondary N) is 2. The van der Waals surface area contributed by atoms with Gasteiger partial charge in [0, 0.05) is 30.6 Å². The minimum atomic E-state index is 0.0515. The van der Waals surface area contributed by atoms with Crippen LogP contribution in [0.1, 0.15) is 43.5 Å². The number of anilines is 1. The maximum atomic E-state index is 12.1. The van der Waals surface area contributed by atoms with Crippen molar-refractivity contribution < 1.29 is 4.79 Å². The standard InChI is InChI=1S/C19H27N5O/c1-14-9-10-15(13-16(14)21-18(25)8-6-11-20-2)19-23-22-17-7-4-3-5-12-24(17)19/h9-10,13,20H,3-8,11-12H2,1-2H3,(H,21,25). The normalized spacial score (nSPS) is 14.0. The molecule has 1 aromatic carbocycles. The molecule has 1 amide bonds. The second kappa shape index (κ2) is 8.25. The first-order valence-electron chi connectivity index (χ1n) is 9.16. The highest BCUT2D eigenvalue weighted by Crippen LogP contribution is 2.27. The van der Waals surface area contributed by atoms with Crippen molar-refractivity contribution in [2.45, 2.75) is 52.0 Å². The quantitative estimate of drug-likeness (QED) is 0.793. The largest absolute Gasteiger partial charge is 0.326 e. The van der Waals surface area contributed by atoms with E-state index in [9.17, 15) is 4.79 Å². The number of amides is 1. The molecule has 0 aliphatic carbocycles. The number of fused-ring (bicyclic) bond motifs is 1. The Hall–Kier alpha value is -2.21. The number of aryl methyl sites for hydroxylation is 2. The average Bonchev–Trinajstić information content (AvgIpc) is 2.85. The van der Waals surface area contributed by atoms with E-state index in [1.54, 1.807) is 0 Å². The first kappa shape index (κ1) is 17.6. The van der Waals surface area contributed by atoms with Gasteiger partial charge in [-0.15, -0.1) is 10.2 Å². The lowest BCUT2D eigenvalue weighted by molar-refractivity contribution is -0.116. The first-order chi connectivity index (χ1) is 12.2. The fourth-order valence-electron chi connectivity index (χ4n) is 3.23. The van der Waals surface area contributed by atoms with E-state index in [2.05, 4.69) is 31.5 Å². The van der Waals surface area contributed by atoms with Crippen molar-refractivity contribution in [1.82, 2.24) is 20.1 Å². The van der Waals surface area contributed by atoms with Crippen molar-refractivity contribution in [2.75, 3.05) is 18.9 Å². The van der Waals surface area contributed by atoms with Crippen LogP contribution in [0.25, 0.3) is 11.4 Å². The second-order valence-corrected chi connectivity index (χ2v) is 6.69. The molecule has 0 saturated heterocycles. The van der Waals surface area contributed by atoms with Gasteiger partial charge in [0.05, 0.1) is 0 Å². The monoisotopic (exact) mass is 341 g/mol. The van der Waals surface area contributed by atoms with E-state index in [-0.39, 0.29) is 5.91 Å². The molecule has 1 aromatic heterocycles. The summed E-state index contributed by atoms with van der Waals surface area (Å²) in [4.78, 5) is 12.1. The summed E-state index contributed by atoms with van der Waals surface area (Å²) in [6.07, 6.45) is 5.93. The van der Waals surface area contributed by atoms with Crippen molar-refractivity contribution in [3.8, 4) is 11.4 Å². The minimum absolute atomic E-state index is 0.0515. The van der Waals surface area contributed by atoms with Gasteiger partial charge < -0.3 is 15.2 Å². The van der Waals surface area contributed by atoms with E-state index in [1.165, 1.54) is 19.3 Å². The highest BCUT2D eigenvalue weighted by atomic mass is 16.1. The summed E-state index contributed by atoms with van der Waals surface area (Å²) in [6, 6.07) is 6.12. The number of rotatable bonds is 6. The van der Waals surface area contributed by atoms with Gasteiger partial charge in [0.15, 0.2) is 5.82 Å². The van der Waals surface area contributed by atoms with Crippen molar-refractivity contribution >= 4 is 11.6 Å². The molecule has 134 valence electrons. The lowest BCUT2D eigenvalue weighted by Gasteiger charge is -2.12. The highest BCUT2D eigenvalue weighted by molar-refractivity contribution is 5.92. The van der Waals surface area contributed by atoms with Crippen LogP contribution in [-0.4, -0.2) is 34.3 Å². The van der Waals surface area contributed by atoms with E-state index in [4.69, 9.17) is 0 Å². The van der Waals surface area contributed by atoms with Gasteiger partial charge in [-0.3, -0.25) is 4.79 Å². The molecule has 2 aromatic rings. The molecule has 3 rings (SSSR count). The van der Waals surface area contributed by atoms with Gasteiger partial charge in [-0.1, -0.05) is 18.6 Å². The number of benzene rings is 1. The van der Waals surface area contributed by atoms with Gasteiger partial charge in [0.2, 0.25) is 5.91 Å². The zero-order chi connectivity index (χ0) is 17.6. The molecule has 0 radical (unpaired) electrons. The van der Waals surface area contributed by atoms with Crippen molar-refractivity contribution in [2.24, 2.45) is 0 Å². The molecular weight excluding hydrogens is 314 g/mol. The number of hydrogen-bond acceptors (Lipinski definition) is 4. The molecule has 0 bridgehead atoms. The molecule has 0 saturated carbocycles. The van der Waals surface area contributed by atoms with Crippen LogP contribution in [0, 0.1) is 6.92 Å². The van der Waals surface area contributed by atoms with Crippen LogP contribution in [-0.2, 0) is 17.8 Å². The summed E-state index contributed by atoms with van der Waals surface area (Å²) in [5.74, 6) is 2.03. The van der Waals surface area contributed by atoms with Crippen molar-refractivity contribution in [1.29, 1.82) is 0 Å². The van der Waals surface area contributed by atoms with Crippen LogP contribution in [0.3, 0.4) is 0 Å². The molecular formula is C19H27N5O. The van der Waals surface area contributed by atoms with Crippen molar-refractivity contribution in [3.05, 3.63) is 29.6 Å². The minimum Gasteiger partial charge on any atom is -0.326 e. The Morgan fingerprint density at radius 3 is 2.96 bits per heavy atom. The molecule has 0 atom stereocenters. The maximum absolute atomic E-state index is 12.1. The predicted octanol–water partition coefficient (Wildman–Crippen LogP) is 2.92. The molecule has 6 heteroatoms. The predicted molar refractivity (Wildman–Crippen MR) is 99.5 cm³/mol. The molecule has 2 N–H and O–H groups in total. The second-order valence-electron chi connectivity index (χ2n) is 6.69. The molecule has 0 fully saturated rings. The van der Waals surface area contributed by atoms with E-state index in [0.29, 0.717) is 6.42 Å². The summed E-state index contributed by atoms with van der Waals surface area (Å²) in [6.45, 7) is 3.83. The molecule has 0 spiro atoms. The number of carbonyl (C=O) groups is 1. The number of hydrogen-bond donors (Lipinski definition) is 2. The smallest absolute Gasteiger partial charge is 0.224 e. The van der Waals surface area contributed by atoms with Gasteiger partial charge in [-0.25, -0.2) is 0 Å². The van der Waals surface area contributed by atoms with Gasteiger partial charge in [-0.2, -0.15) is 0 Å². The highest BCUT2D eigenvalue weighted by Gasteiger charge is 2.17.